The van der Waals surface area contributed by atoms with E-state index < -0.39 is 0 Å². The van der Waals surface area contributed by atoms with Gasteiger partial charge in [-0.25, -0.2) is 0 Å². The molecule has 0 aromatic carbocycles. The molecule has 78 valence electrons. The van der Waals surface area contributed by atoms with Gasteiger partial charge in [0.2, 0.25) is 0 Å². The maximum atomic E-state index is 2.64. The molecule has 0 aliphatic carbocycles. The van der Waals surface area contributed by atoms with E-state index in [-0.39, 0.29) is 0 Å². The minimum absolute atomic E-state index is 0.897. The second-order valence-corrected chi connectivity index (χ2v) is 4.78. The molecular formula is C12H25N. The van der Waals surface area contributed by atoms with Gasteiger partial charge in [-0.1, -0.05) is 27.2 Å². The second-order valence-electron chi connectivity index (χ2n) is 4.78. The van der Waals surface area contributed by atoms with Crippen molar-refractivity contribution >= 4 is 0 Å². The molecule has 1 aliphatic rings. The lowest BCUT2D eigenvalue weighted by atomic mass is 9.87. The molecule has 1 saturated heterocycles. The quantitative estimate of drug-likeness (QED) is 0.647. The third-order valence-electron chi connectivity index (χ3n) is 3.40. The van der Waals surface area contributed by atoms with Crippen molar-refractivity contribution in [1.29, 1.82) is 0 Å². The molecule has 0 aromatic rings. The molecule has 0 aromatic heterocycles. The fourth-order valence-corrected chi connectivity index (χ4v) is 2.22. The topological polar surface area (TPSA) is 3.24 Å². The van der Waals surface area contributed by atoms with Crippen LogP contribution in [0.2, 0.25) is 0 Å². The first-order valence-electron chi connectivity index (χ1n) is 5.96. The zero-order chi connectivity index (χ0) is 9.68. The van der Waals surface area contributed by atoms with Crippen molar-refractivity contribution in [2.75, 3.05) is 19.6 Å². The number of rotatable bonds is 4. The normalized spacial score (nSPS) is 21.2. The van der Waals surface area contributed by atoms with Crippen LogP contribution in [-0.2, 0) is 0 Å². The highest BCUT2D eigenvalue weighted by Crippen LogP contribution is 2.24. The van der Waals surface area contributed by atoms with E-state index in [0.29, 0.717) is 0 Å². The number of piperidine rings is 1. The molecule has 0 amide bonds. The van der Waals surface area contributed by atoms with Gasteiger partial charge in [-0.15, -0.1) is 0 Å². The molecule has 0 bridgehead atoms. The second kappa shape index (κ2) is 5.64. The van der Waals surface area contributed by atoms with Gasteiger partial charge in [0.15, 0.2) is 0 Å². The maximum absolute atomic E-state index is 2.64. The predicted octanol–water partition coefficient (Wildman–Crippen LogP) is 3.15. The van der Waals surface area contributed by atoms with Crippen LogP contribution >= 0.6 is 0 Å². The van der Waals surface area contributed by atoms with Gasteiger partial charge in [0.25, 0.3) is 0 Å². The number of unbranched alkanes of at least 4 members (excludes halogenated alkanes) is 1. The Kier molecular flexibility index (Phi) is 4.79. The van der Waals surface area contributed by atoms with Crippen molar-refractivity contribution in [3.8, 4) is 0 Å². The molecule has 0 radical (unpaired) electrons. The van der Waals surface area contributed by atoms with Crippen molar-refractivity contribution in [2.24, 2.45) is 11.8 Å². The fraction of sp³-hybridized carbons (Fsp3) is 1.00. The molecule has 0 N–H and O–H groups in total. The van der Waals surface area contributed by atoms with Crippen LogP contribution in [0, 0.1) is 11.8 Å². The minimum atomic E-state index is 0.897. The molecule has 1 heteroatoms. The molecule has 0 spiro atoms. The fourth-order valence-electron chi connectivity index (χ4n) is 2.22. The molecule has 0 atom stereocenters. The highest BCUT2D eigenvalue weighted by Gasteiger charge is 2.20. The lowest BCUT2D eigenvalue weighted by Crippen LogP contribution is -2.35. The first-order chi connectivity index (χ1) is 6.24. The van der Waals surface area contributed by atoms with E-state index in [0.717, 1.165) is 11.8 Å². The van der Waals surface area contributed by atoms with Crippen molar-refractivity contribution in [3.05, 3.63) is 0 Å². The summed E-state index contributed by atoms with van der Waals surface area (Å²) in [6.07, 6.45) is 5.58. The Morgan fingerprint density at radius 3 is 2.31 bits per heavy atom. The maximum Gasteiger partial charge on any atom is -0.00160 e. The van der Waals surface area contributed by atoms with Crippen LogP contribution in [-0.4, -0.2) is 24.5 Å². The van der Waals surface area contributed by atoms with Crippen LogP contribution < -0.4 is 0 Å². The van der Waals surface area contributed by atoms with E-state index in [1.807, 2.05) is 0 Å². The predicted molar refractivity (Wildman–Crippen MR) is 58.9 cm³/mol. The third kappa shape index (κ3) is 3.68. The largest absolute Gasteiger partial charge is 0.303 e. The summed E-state index contributed by atoms with van der Waals surface area (Å²) < 4.78 is 0. The van der Waals surface area contributed by atoms with Crippen molar-refractivity contribution < 1.29 is 0 Å². The van der Waals surface area contributed by atoms with Gasteiger partial charge in [-0.2, -0.15) is 0 Å². The number of hydrogen-bond donors (Lipinski definition) is 0. The van der Waals surface area contributed by atoms with E-state index in [4.69, 9.17) is 0 Å². The summed E-state index contributed by atoms with van der Waals surface area (Å²) in [6.45, 7) is 11.0. The zero-order valence-corrected chi connectivity index (χ0v) is 9.55. The molecule has 0 saturated carbocycles. The Hall–Kier alpha value is -0.0400. The molecule has 0 unspecified atom stereocenters. The number of hydrogen-bond acceptors (Lipinski definition) is 1. The summed E-state index contributed by atoms with van der Waals surface area (Å²) in [4.78, 5) is 2.64. The van der Waals surface area contributed by atoms with E-state index in [1.165, 1.54) is 45.3 Å². The van der Waals surface area contributed by atoms with Crippen LogP contribution in [0.4, 0.5) is 0 Å². The molecular weight excluding hydrogens is 158 g/mol. The highest BCUT2D eigenvalue weighted by atomic mass is 15.1. The summed E-state index contributed by atoms with van der Waals surface area (Å²) in [5.74, 6) is 1.89. The molecule has 1 heterocycles. The molecule has 1 rings (SSSR count). The summed E-state index contributed by atoms with van der Waals surface area (Å²) in [5.41, 5.74) is 0. The Morgan fingerprint density at radius 1 is 1.23 bits per heavy atom. The van der Waals surface area contributed by atoms with E-state index in [1.54, 1.807) is 0 Å². The first kappa shape index (κ1) is 11.0. The van der Waals surface area contributed by atoms with Gasteiger partial charge in [-0.3, -0.25) is 0 Å². The van der Waals surface area contributed by atoms with Gasteiger partial charge >= 0.3 is 0 Å². The van der Waals surface area contributed by atoms with E-state index in [2.05, 4.69) is 25.7 Å². The van der Waals surface area contributed by atoms with Gasteiger partial charge in [0.05, 0.1) is 0 Å². The van der Waals surface area contributed by atoms with E-state index in [9.17, 15) is 0 Å². The summed E-state index contributed by atoms with van der Waals surface area (Å²) in [7, 11) is 0. The lowest BCUT2D eigenvalue weighted by Gasteiger charge is -2.33. The number of likely N-dealkylation sites (tertiary alicyclic amines) is 1. The van der Waals surface area contributed by atoms with Crippen molar-refractivity contribution in [2.45, 2.75) is 46.5 Å². The summed E-state index contributed by atoms with van der Waals surface area (Å²) >= 11 is 0. The van der Waals surface area contributed by atoms with Gasteiger partial charge in [0.1, 0.15) is 0 Å². The van der Waals surface area contributed by atoms with Gasteiger partial charge < -0.3 is 4.90 Å². The molecule has 13 heavy (non-hydrogen) atoms. The lowest BCUT2D eigenvalue weighted by molar-refractivity contribution is 0.156. The Bertz CT molecular complexity index is 123. The zero-order valence-electron chi connectivity index (χ0n) is 9.55. The molecule has 1 fully saturated rings. The summed E-state index contributed by atoms with van der Waals surface area (Å²) in [6, 6.07) is 0. The van der Waals surface area contributed by atoms with Crippen molar-refractivity contribution in [1.82, 2.24) is 4.90 Å². The average molecular weight is 183 g/mol. The van der Waals surface area contributed by atoms with Gasteiger partial charge in [0, 0.05) is 0 Å². The monoisotopic (exact) mass is 183 g/mol. The smallest absolute Gasteiger partial charge is 0.00160 e. The summed E-state index contributed by atoms with van der Waals surface area (Å²) in [5, 5.41) is 0. The molecule has 1 aliphatic heterocycles. The Balaban J connectivity index is 2.15. The van der Waals surface area contributed by atoms with Crippen LogP contribution in [0.25, 0.3) is 0 Å². The Labute approximate surface area is 83.5 Å². The third-order valence-corrected chi connectivity index (χ3v) is 3.40. The standard InChI is InChI=1S/C12H25N/c1-4-5-8-13-9-6-12(7-10-13)11(2)3/h11-12H,4-10H2,1-3H3. The van der Waals surface area contributed by atoms with Crippen LogP contribution in [0.1, 0.15) is 46.5 Å². The van der Waals surface area contributed by atoms with Crippen LogP contribution in [0.5, 0.6) is 0 Å². The van der Waals surface area contributed by atoms with Crippen molar-refractivity contribution in [3.63, 3.8) is 0 Å². The van der Waals surface area contributed by atoms with E-state index >= 15 is 0 Å². The Morgan fingerprint density at radius 2 is 1.85 bits per heavy atom. The van der Waals surface area contributed by atoms with Gasteiger partial charge in [-0.05, 0) is 50.7 Å². The van der Waals surface area contributed by atoms with Crippen LogP contribution in [0.3, 0.4) is 0 Å². The van der Waals surface area contributed by atoms with Crippen LogP contribution in [0.15, 0.2) is 0 Å². The minimum Gasteiger partial charge on any atom is -0.303 e. The first-order valence-corrected chi connectivity index (χ1v) is 5.96. The highest BCUT2D eigenvalue weighted by molar-refractivity contribution is 4.73. The number of nitrogens with zero attached hydrogens (tertiary/aromatic N) is 1. The SMILES string of the molecule is CCCCN1CCC(C(C)C)CC1. The average Bonchev–Trinajstić information content (AvgIpc) is 2.15. The molecule has 1 nitrogen and oxygen atoms in total.